The van der Waals surface area contributed by atoms with E-state index in [9.17, 15) is 4.79 Å². The molecule has 0 bridgehead atoms. The van der Waals surface area contributed by atoms with Crippen LogP contribution in [0.3, 0.4) is 0 Å². The molecule has 0 atom stereocenters. The Labute approximate surface area is 163 Å². The molecule has 1 aromatic carbocycles. The molecule has 0 fully saturated rings. The number of amides is 1. The maximum Gasteiger partial charge on any atom is 0.259 e. The van der Waals surface area contributed by atoms with Gasteiger partial charge in [-0.05, 0) is 24.3 Å². The molecule has 0 spiro atoms. The van der Waals surface area contributed by atoms with Gasteiger partial charge in [0.15, 0.2) is 16.6 Å². The summed E-state index contributed by atoms with van der Waals surface area (Å²) in [5.74, 6) is 0.863. The van der Waals surface area contributed by atoms with E-state index >= 15 is 0 Å². The number of anilines is 1. The SMILES string of the molecule is COc1ccc(-c2csc(NC(=O)c3cnc(Cl)c(Cl)c3)n2)cc1OC. The average Bonchev–Trinajstić information content (AvgIpc) is 3.11. The summed E-state index contributed by atoms with van der Waals surface area (Å²) in [5.41, 5.74) is 1.84. The molecule has 1 amide bonds. The minimum absolute atomic E-state index is 0.146. The maximum atomic E-state index is 12.3. The molecule has 2 aromatic heterocycles. The molecule has 26 heavy (non-hydrogen) atoms. The lowest BCUT2D eigenvalue weighted by Crippen LogP contribution is -2.12. The Hall–Kier alpha value is -2.35. The molecule has 0 aliphatic rings. The van der Waals surface area contributed by atoms with E-state index in [1.54, 1.807) is 20.3 Å². The Morgan fingerprint density at radius 1 is 1.15 bits per heavy atom. The number of pyridine rings is 1. The van der Waals surface area contributed by atoms with E-state index < -0.39 is 0 Å². The molecular formula is C17H13Cl2N3O3S. The molecule has 3 rings (SSSR count). The number of benzene rings is 1. The highest BCUT2D eigenvalue weighted by Gasteiger charge is 2.13. The van der Waals surface area contributed by atoms with Crippen LogP contribution in [-0.4, -0.2) is 30.1 Å². The summed E-state index contributed by atoms with van der Waals surface area (Å²) in [6.45, 7) is 0. The standard InChI is InChI=1S/C17H13Cl2N3O3S/c1-24-13-4-3-9(6-14(13)25-2)12-8-26-17(21-12)22-16(23)10-5-11(18)15(19)20-7-10/h3-8H,1-2H3,(H,21,22,23). The Bertz CT molecular complexity index is 962. The molecular weight excluding hydrogens is 397 g/mol. The second-order valence-electron chi connectivity index (χ2n) is 5.06. The van der Waals surface area contributed by atoms with Crippen molar-refractivity contribution < 1.29 is 14.3 Å². The van der Waals surface area contributed by atoms with Crippen molar-refractivity contribution in [3.63, 3.8) is 0 Å². The number of rotatable bonds is 5. The van der Waals surface area contributed by atoms with E-state index in [4.69, 9.17) is 32.7 Å². The van der Waals surface area contributed by atoms with Gasteiger partial charge in [0.1, 0.15) is 5.15 Å². The zero-order valence-corrected chi connectivity index (χ0v) is 16.1. The average molecular weight is 410 g/mol. The van der Waals surface area contributed by atoms with Crippen LogP contribution >= 0.6 is 34.5 Å². The number of thiazole rings is 1. The predicted molar refractivity (Wildman–Crippen MR) is 103 cm³/mol. The fraction of sp³-hybridized carbons (Fsp3) is 0.118. The van der Waals surface area contributed by atoms with Crippen molar-refractivity contribution in [2.75, 3.05) is 19.5 Å². The van der Waals surface area contributed by atoms with Gasteiger partial charge in [-0.15, -0.1) is 11.3 Å². The summed E-state index contributed by atoms with van der Waals surface area (Å²) in [6.07, 6.45) is 1.35. The fourth-order valence-electron chi connectivity index (χ4n) is 2.17. The van der Waals surface area contributed by atoms with Crippen LogP contribution in [0.5, 0.6) is 11.5 Å². The van der Waals surface area contributed by atoms with E-state index in [1.165, 1.54) is 23.6 Å². The van der Waals surface area contributed by atoms with E-state index in [0.717, 1.165) is 5.56 Å². The largest absolute Gasteiger partial charge is 0.493 e. The zero-order chi connectivity index (χ0) is 18.7. The van der Waals surface area contributed by atoms with Crippen LogP contribution in [0.4, 0.5) is 5.13 Å². The Balaban J connectivity index is 1.79. The third-order valence-corrected chi connectivity index (χ3v) is 4.91. The predicted octanol–water partition coefficient (Wildman–Crippen LogP) is 4.78. The first-order valence-corrected chi connectivity index (χ1v) is 8.95. The highest BCUT2D eigenvalue weighted by molar-refractivity contribution is 7.14. The Morgan fingerprint density at radius 2 is 1.92 bits per heavy atom. The lowest BCUT2D eigenvalue weighted by atomic mass is 10.1. The molecule has 3 aromatic rings. The van der Waals surface area contributed by atoms with E-state index in [1.807, 2.05) is 17.5 Å². The van der Waals surface area contributed by atoms with E-state index in [2.05, 4.69) is 15.3 Å². The van der Waals surface area contributed by atoms with Gasteiger partial charge < -0.3 is 9.47 Å². The van der Waals surface area contributed by atoms with Gasteiger partial charge in [-0.25, -0.2) is 9.97 Å². The Morgan fingerprint density at radius 3 is 2.62 bits per heavy atom. The van der Waals surface area contributed by atoms with Gasteiger partial charge in [-0.3, -0.25) is 10.1 Å². The molecule has 0 aliphatic carbocycles. The molecule has 0 saturated carbocycles. The molecule has 0 saturated heterocycles. The van der Waals surface area contributed by atoms with E-state index in [0.29, 0.717) is 27.9 Å². The van der Waals surface area contributed by atoms with Gasteiger partial charge in [-0.2, -0.15) is 0 Å². The zero-order valence-electron chi connectivity index (χ0n) is 13.7. The number of aromatic nitrogens is 2. The quantitative estimate of drug-likeness (QED) is 0.613. The van der Waals surface area contributed by atoms with Crippen molar-refractivity contribution in [3.05, 3.63) is 51.6 Å². The summed E-state index contributed by atoms with van der Waals surface area (Å²) in [5, 5.41) is 5.36. The van der Waals surface area contributed by atoms with Crippen molar-refractivity contribution in [3.8, 4) is 22.8 Å². The third kappa shape index (κ3) is 3.90. The van der Waals surface area contributed by atoms with Crippen molar-refractivity contribution in [1.29, 1.82) is 0 Å². The first-order valence-electron chi connectivity index (χ1n) is 7.32. The molecule has 2 heterocycles. The minimum atomic E-state index is -0.371. The van der Waals surface area contributed by atoms with Crippen molar-refractivity contribution in [1.82, 2.24) is 9.97 Å². The van der Waals surface area contributed by atoms with Crippen molar-refractivity contribution in [2.45, 2.75) is 0 Å². The van der Waals surface area contributed by atoms with Crippen LogP contribution in [0.2, 0.25) is 10.2 Å². The van der Waals surface area contributed by atoms with Gasteiger partial charge in [-0.1, -0.05) is 23.2 Å². The second-order valence-corrected chi connectivity index (χ2v) is 6.68. The number of nitrogens with zero attached hydrogens (tertiary/aromatic N) is 2. The maximum absolute atomic E-state index is 12.3. The van der Waals surface area contributed by atoms with Crippen LogP contribution in [0.1, 0.15) is 10.4 Å². The molecule has 0 aliphatic heterocycles. The number of halogens is 2. The number of carbonyl (C=O) groups excluding carboxylic acids is 1. The molecule has 1 N–H and O–H groups in total. The first-order chi connectivity index (χ1) is 12.5. The fourth-order valence-corrected chi connectivity index (χ4v) is 3.16. The van der Waals surface area contributed by atoms with Gasteiger partial charge in [0.25, 0.3) is 5.91 Å². The number of ether oxygens (including phenoxy) is 2. The topological polar surface area (TPSA) is 73.3 Å². The Kier molecular flexibility index (Phi) is 5.61. The first kappa shape index (κ1) is 18.4. The van der Waals surface area contributed by atoms with Gasteiger partial charge in [0.2, 0.25) is 0 Å². The third-order valence-electron chi connectivity index (χ3n) is 3.46. The van der Waals surface area contributed by atoms with Crippen molar-refractivity contribution >= 4 is 45.6 Å². The second kappa shape index (κ2) is 7.90. The molecule has 0 radical (unpaired) electrons. The lowest BCUT2D eigenvalue weighted by Gasteiger charge is -2.08. The molecule has 134 valence electrons. The van der Waals surface area contributed by atoms with Gasteiger partial charge >= 0.3 is 0 Å². The lowest BCUT2D eigenvalue weighted by molar-refractivity contribution is 0.102. The summed E-state index contributed by atoms with van der Waals surface area (Å²) < 4.78 is 10.5. The van der Waals surface area contributed by atoms with Crippen LogP contribution in [0.25, 0.3) is 11.3 Å². The number of hydrogen-bond donors (Lipinski definition) is 1. The van der Waals surface area contributed by atoms with Crippen molar-refractivity contribution in [2.24, 2.45) is 0 Å². The van der Waals surface area contributed by atoms with Gasteiger partial charge in [0, 0.05) is 17.1 Å². The van der Waals surface area contributed by atoms with Crippen LogP contribution in [0.15, 0.2) is 35.8 Å². The van der Waals surface area contributed by atoms with Crippen LogP contribution in [-0.2, 0) is 0 Å². The van der Waals surface area contributed by atoms with Crippen LogP contribution < -0.4 is 14.8 Å². The summed E-state index contributed by atoms with van der Waals surface area (Å²) >= 11 is 13.0. The minimum Gasteiger partial charge on any atom is -0.493 e. The van der Waals surface area contributed by atoms with Gasteiger partial charge in [0.05, 0.1) is 30.5 Å². The number of nitrogens with one attached hydrogen (secondary N) is 1. The number of methoxy groups -OCH3 is 2. The normalized spacial score (nSPS) is 10.5. The van der Waals surface area contributed by atoms with Crippen LogP contribution in [0, 0.1) is 0 Å². The summed E-state index contributed by atoms with van der Waals surface area (Å²) in [7, 11) is 3.14. The summed E-state index contributed by atoms with van der Waals surface area (Å²) in [6, 6.07) is 6.94. The highest BCUT2D eigenvalue weighted by atomic mass is 35.5. The number of carbonyl (C=O) groups is 1. The highest BCUT2D eigenvalue weighted by Crippen LogP contribution is 2.33. The summed E-state index contributed by atoms with van der Waals surface area (Å²) in [4.78, 5) is 20.6. The van der Waals surface area contributed by atoms with E-state index in [-0.39, 0.29) is 16.1 Å². The number of hydrogen-bond acceptors (Lipinski definition) is 6. The molecule has 6 nitrogen and oxygen atoms in total. The smallest absolute Gasteiger partial charge is 0.259 e. The monoisotopic (exact) mass is 409 g/mol. The molecule has 0 unspecified atom stereocenters. The molecule has 9 heteroatoms.